The number of ether oxygens (including phenoxy) is 1. The van der Waals surface area contributed by atoms with Crippen molar-refractivity contribution in [2.75, 3.05) is 19.7 Å². The maximum Gasteiger partial charge on any atom is 0.224 e. The third-order valence-corrected chi connectivity index (χ3v) is 5.17. The molecule has 1 aliphatic rings. The van der Waals surface area contributed by atoms with Gasteiger partial charge < -0.3 is 10.1 Å². The molecule has 28 heavy (non-hydrogen) atoms. The maximum absolute atomic E-state index is 13.1. The molecule has 0 aromatic heterocycles. The number of hydrogen-bond donors (Lipinski definition) is 1. The van der Waals surface area contributed by atoms with E-state index in [1.165, 1.54) is 12.1 Å². The smallest absolute Gasteiger partial charge is 0.224 e. The Kier molecular flexibility index (Phi) is 7.04. The Labute approximate surface area is 166 Å². The van der Waals surface area contributed by atoms with Gasteiger partial charge in [-0.15, -0.1) is 0 Å². The van der Waals surface area contributed by atoms with E-state index in [-0.39, 0.29) is 23.7 Å². The van der Waals surface area contributed by atoms with Crippen LogP contribution >= 0.6 is 0 Å². The molecule has 1 saturated heterocycles. The maximum atomic E-state index is 13.1. The minimum absolute atomic E-state index is 0.0184. The Morgan fingerprint density at radius 3 is 2.75 bits per heavy atom. The molecular weight excluding hydrogens is 355 g/mol. The number of rotatable bonds is 7. The van der Waals surface area contributed by atoms with Crippen molar-refractivity contribution in [3.8, 4) is 5.75 Å². The zero-order chi connectivity index (χ0) is 19.9. The third-order valence-electron chi connectivity index (χ3n) is 5.17. The zero-order valence-electron chi connectivity index (χ0n) is 16.7. The Hall–Kier alpha value is -2.40. The van der Waals surface area contributed by atoms with Crippen LogP contribution in [0, 0.1) is 18.7 Å². The van der Waals surface area contributed by atoms with E-state index in [0.717, 1.165) is 49.4 Å². The van der Waals surface area contributed by atoms with Crippen LogP contribution in [-0.2, 0) is 11.3 Å². The van der Waals surface area contributed by atoms with Crippen LogP contribution in [0.25, 0.3) is 0 Å². The fourth-order valence-corrected chi connectivity index (χ4v) is 3.60. The lowest BCUT2D eigenvalue weighted by Crippen LogP contribution is -2.46. The highest BCUT2D eigenvalue weighted by Gasteiger charge is 2.26. The van der Waals surface area contributed by atoms with Gasteiger partial charge in [-0.1, -0.05) is 30.3 Å². The molecule has 0 unspecified atom stereocenters. The van der Waals surface area contributed by atoms with Crippen molar-refractivity contribution in [3.63, 3.8) is 0 Å². The molecule has 0 aliphatic carbocycles. The topological polar surface area (TPSA) is 41.6 Å². The van der Waals surface area contributed by atoms with E-state index in [1.807, 2.05) is 50.2 Å². The van der Waals surface area contributed by atoms with Crippen LogP contribution in [0.2, 0.25) is 0 Å². The lowest BCUT2D eigenvalue weighted by Gasteiger charge is -2.32. The summed E-state index contributed by atoms with van der Waals surface area (Å²) in [7, 11) is 0. The largest absolute Gasteiger partial charge is 0.491 e. The van der Waals surface area contributed by atoms with Gasteiger partial charge in [-0.25, -0.2) is 4.39 Å². The van der Waals surface area contributed by atoms with Gasteiger partial charge in [-0.3, -0.25) is 9.69 Å². The van der Waals surface area contributed by atoms with Crippen LogP contribution < -0.4 is 10.1 Å². The van der Waals surface area contributed by atoms with Gasteiger partial charge in [0.25, 0.3) is 0 Å². The number of nitrogens with one attached hydrogen (secondary N) is 1. The number of carbonyl (C=O) groups is 1. The van der Waals surface area contributed by atoms with Gasteiger partial charge in [0, 0.05) is 13.1 Å². The van der Waals surface area contributed by atoms with E-state index in [2.05, 4.69) is 10.2 Å². The molecule has 1 fully saturated rings. The van der Waals surface area contributed by atoms with Crippen molar-refractivity contribution < 1.29 is 13.9 Å². The van der Waals surface area contributed by atoms with Crippen molar-refractivity contribution in [2.45, 2.75) is 39.3 Å². The number of hydrogen-bond acceptors (Lipinski definition) is 3. The van der Waals surface area contributed by atoms with E-state index in [0.29, 0.717) is 6.61 Å². The van der Waals surface area contributed by atoms with Gasteiger partial charge in [0.1, 0.15) is 18.2 Å². The van der Waals surface area contributed by atoms with Gasteiger partial charge in [-0.05, 0) is 62.6 Å². The van der Waals surface area contributed by atoms with E-state index >= 15 is 0 Å². The second kappa shape index (κ2) is 9.69. The molecule has 2 atom stereocenters. The first kappa shape index (κ1) is 20.3. The molecular formula is C23H29FN2O2. The molecule has 1 amide bonds. The van der Waals surface area contributed by atoms with Crippen molar-refractivity contribution in [1.82, 2.24) is 10.2 Å². The van der Waals surface area contributed by atoms with Crippen LogP contribution in [0.15, 0.2) is 48.5 Å². The SMILES string of the molecule is Cc1ccccc1OC[C@@H](C)NC(=O)[C@H]1CCCN(Cc2ccc(F)cc2)C1. The molecule has 0 radical (unpaired) electrons. The van der Waals surface area contributed by atoms with Crippen LogP contribution in [0.3, 0.4) is 0 Å². The molecule has 0 spiro atoms. The number of likely N-dealkylation sites (tertiary alicyclic amines) is 1. The fraction of sp³-hybridized carbons (Fsp3) is 0.435. The fourth-order valence-electron chi connectivity index (χ4n) is 3.60. The third kappa shape index (κ3) is 5.80. The summed E-state index contributed by atoms with van der Waals surface area (Å²) in [6, 6.07) is 14.4. The lowest BCUT2D eigenvalue weighted by atomic mass is 9.96. The van der Waals surface area contributed by atoms with E-state index in [9.17, 15) is 9.18 Å². The number of halogens is 1. The van der Waals surface area contributed by atoms with Gasteiger partial charge in [-0.2, -0.15) is 0 Å². The predicted octanol–water partition coefficient (Wildman–Crippen LogP) is 3.93. The Balaban J connectivity index is 1.46. The van der Waals surface area contributed by atoms with E-state index in [1.54, 1.807) is 0 Å². The van der Waals surface area contributed by atoms with Crippen molar-refractivity contribution in [3.05, 3.63) is 65.5 Å². The molecule has 1 N–H and O–H groups in total. The number of piperidine rings is 1. The minimum atomic E-state index is -0.221. The number of amides is 1. The highest BCUT2D eigenvalue weighted by atomic mass is 19.1. The van der Waals surface area contributed by atoms with Crippen LogP contribution in [-0.4, -0.2) is 36.5 Å². The Morgan fingerprint density at radius 2 is 2.00 bits per heavy atom. The first-order valence-corrected chi connectivity index (χ1v) is 9.97. The van der Waals surface area contributed by atoms with Crippen molar-refractivity contribution in [2.24, 2.45) is 5.92 Å². The zero-order valence-corrected chi connectivity index (χ0v) is 16.7. The molecule has 0 bridgehead atoms. The highest BCUT2D eigenvalue weighted by Crippen LogP contribution is 2.20. The summed E-state index contributed by atoms with van der Waals surface area (Å²) in [5.74, 6) is 0.702. The average Bonchev–Trinajstić information content (AvgIpc) is 2.69. The monoisotopic (exact) mass is 384 g/mol. The predicted molar refractivity (Wildman–Crippen MR) is 109 cm³/mol. The highest BCUT2D eigenvalue weighted by molar-refractivity contribution is 5.79. The summed E-state index contributed by atoms with van der Waals surface area (Å²) >= 11 is 0. The average molecular weight is 384 g/mol. The van der Waals surface area contributed by atoms with Gasteiger partial charge in [0.15, 0.2) is 0 Å². The summed E-state index contributed by atoms with van der Waals surface area (Å²) in [4.78, 5) is 15.0. The van der Waals surface area contributed by atoms with Crippen molar-refractivity contribution >= 4 is 5.91 Å². The molecule has 1 heterocycles. The summed E-state index contributed by atoms with van der Waals surface area (Å²) in [6.07, 6.45) is 1.89. The quantitative estimate of drug-likeness (QED) is 0.786. The number of aryl methyl sites for hydroxylation is 1. The van der Waals surface area contributed by atoms with Crippen LogP contribution in [0.1, 0.15) is 30.9 Å². The van der Waals surface area contributed by atoms with E-state index in [4.69, 9.17) is 4.74 Å². The molecule has 4 nitrogen and oxygen atoms in total. The Morgan fingerprint density at radius 1 is 1.25 bits per heavy atom. The first-order valence-electron chi connectivity index (χ1n) is 9.97. The number of nitrogens with zero attached hydrogens (tertiary/aromatic N) is 1. The summed E-state index contributed by atoms with van der Waals surface area (Å²) < 4.78 is 18.9. The van der Waals surface area contributed by atoms with Gasteiger partial charge in [0.05, 0.1) is 12.0 Å². The van der Waals surface area contributed by atoms with Crippen molar-refractivity contribution in [1.29, 1.82) is 0 Å². The standard InChI is InChI=1S/C23H29FN2O2/c1-17-6-3-4-8-22(17)28-16-18(2)25-23(27)20-7-5-13-26(15-20)14-19-9-11-21(24)12-10-19/h3-4,6,8-12,18,20H,5,7,13-16H2,1-2H3,(H,25,27)/t18-,20+/m1/s1. The molecule has 0 saturated carbocycles. The second-order valence-corrected chi connectivity index (χ2v) is 7.69. The summed E-state index contributed by atoms with van der Waals surface area (Å²) in [6.45, 7) is 6.87. The molecule has 3 rings (SSSR count). The number of benzene rings is 2. The second-order valence-electron chi connectivity index (χ2n) is 7.69. The summed E-state index contributed by atoms with van der Waals surface area (Å²) in [5.41, 5.74) is 2.16. The minimum Gasteiger partial charge on any atom is -0.491 e. The number of para-hydroxylation sites is 1. The molecule has 150 valence electrons. The number of carbonyl (C=O) groups excluding carboxylic acids is 1. The van der Waals surface area contributed by atoms with Gasteiger partial charge >= 0.3 is 0 Å². The van der Waals surface area contributed by atoms with Gasteiger partial charge in [0.2, 0.25) is 5.91 Å². The lowest BCUT2D eigenvalue weighted by molar-refractivity contribution is -0.127. The molecule has 2 aromatic rings. The summed E-state index contributed by atoms with van der Waals surface area (Å²) in [5, 5.41) is 3.09. The normalized spacial score (nSPS) is 18.5. The Bertz CT molecular complexity index is 778. The van der Waals surface area contributed by atoms with E-state index < -0.39 is 0 Å². The van der Waals surface area contributed by atoms with Crippen LogP contribution in [0.4, 0.5) is 4.39 Å². The molecule has 5 heteroatoms. The van der Waals surface area contributed by atoms with Crippen LogP contribution in [0.5, 0.6) is 5.75 Å². The first-order chi connectivity index (χ1) is 13.5. The molecule has 1 aliphatic heterocycles. The molecule has 2 aromatic carbocycles.